The molecule has 3 rings (SSSR count). The Balaban J connectivity index is 1.58. The van der Waals surface area contributed by atoms with E-state index in [4.69, 9.17) is 0 Å². The number of benzene rings is 2. The van der Waals surface area contributed by atoms with Gasteiger partial charge in [0.25, 0.3) is 5.56 Å². The monoisotopic (exact) mass is 348 g/mol. The maximum absolute atomic E-state index is 12.0. The molecule has 0 aliphatic rings. The van der Waals surface area contributed by atoms with Crippen LogP contribution in [0.15, 0.2) is 66.0 Å². The van der Waals surface area contributed by atoms with Gasteiger partial charge >= 0.3 is 0 Å². The summed E-state index contributed by atoms with van der Waals surface area (Å²) in [6.45, 7) is 5.67. The van der Waals surface area contributed by atoms with Gasteiger partial charge in [0.05, 0.1) is 12.1 Å². The summed E-state index contributed by atoms with van der Waals surface area (Å²) in [6, 6.07) is 17.9. The summed E-state index contributed by atoms with van der Waals surface area (Å²) < 4.78 is 0. The normalized spacial score (nSPS) is 10.3. The Morgan fingerprint density at radius 2 is 1.62 bits per heavy atom. The van der Waals surface area contributed by atoms with Gasteiger partial charge in [-0.25, -0.2) is 0 Å². The second-order valence-corrected chi connectivity index (χ2v) is 5.95. The molecule has 4 N–H and O–H groups in total. The highest BCUT2D eigenvalue weighted by Crippen LogP contribution is 2.20. The standard InChI is InChI=1S/C20H20N4O2/c1-13(21-23-19(25)12-18-14(2)22-24-20(18)26)15-8-10-17(11-9-15)16-6-4-3-5-7-16/h3-11,21H,1,12H2,2H3,(H,23,25)(H2,22,24,26). The molecule has 0 aliphatic heterocycles. The first-order valence-corrected chi connectivity index (χ1v) is 8.20. The summed E-state index contributed by atoms with van der Waals surface area (Å²) in [5.74, 6) is -0.319. The lowest BCUT2D eigenvalue weighted by atomic mass is 10.0. The maximum Gasteiger partial charge on any atom is 0.267 e. The number of aromatic nitrogens is 2. The fourth-order valence-electron chi connectivity index (χ4n) is 2.60. The number of hydrazine groups is 1. The molecule has 0 spiro atoms. The molecular weight excluding hydrogens is 328 g/mol. The smallest absolute Gasteiger partial charge is 0.267 e. The van der Waals surface area contributed by atoms with Crippen molar-refractivity contribution in [3.8, 4) is 11.1 Å². The van der Waals surface area contributed by atoms with E-state index >= 15 is 0 Å². The summed E-state index contributed by atoms with van der Waals surface area (Å²) >= 11 is 0. The third-order valence-electron chi connectivity index (χ3n) is 4.12. The first kappa shape index (κ1) is 17.3. The van der Waals surface area contributed by atoms with E-state index in [0.717, 1.165) is 16.7 Å². The molecule has 26 heavy (non-hydrogen) atoms. The molecule has 0 bridgehead atoms. The van der Waals surface area contributed by atoms with E-state index < -0.39 is 0 Å². The summed E-state index contributed by atoms with van der Waals surface area (Å²) in [5, 5.41) is 5.15. The van der Waals surface area contributed by atoms with Crippen molar-refractivity contribution in [1.29, 1.82) is 0 Å². The number of H-pyrrole nitrogens is 2. The van der Waals surface area contributed by atoms with E-state index in [0.29, 0.717) is 17.0 Å². The molecule has 1 amide bonds. The predicted octanol–water partition coefficient (Wildman–Crippen LogP) is 2.51. The van der Waals surface area contributed by atoms with Crippen LogP contribution in [0.3, 0.4) is 0 Å². The van der Waals surface area contributed by atoms with Crippen LogP contribution < -0.4 is 16.4 Å². The number of carbonyl (C=O) groups excluding carboxylic acids is 1. The van der Waals surface area contributed by atoms with E-state index in [-0.39, 0.29) is 17.9 Å². The van der Waals surface area contributed by atoms with Gasteiger partial charge in [0, 0.05) is 11.3 Å². The zero-order valence-electron chi connectivity index (χ0n) is 14.4. The molecule has 132 valence electrons. The molecule has 1 aromatic heterocycles. The number of hydrogen-bond acceptors (Lipinski definition) is 3. The number of amides is 1. The topological polar surface area (TPSA) is 89.8 Å². The van der Waals surface area contributed by atoms with Gasteiger partial charge in [-0.1, -0.05) is 61.2 Å². The van der Waals surface area contributed by atoms with E-state index in [1.807, 2.05) is 54.6 Å². The lowest BCUT2D eigenvalue weighted by Gasteiger charge is -2.12. The highest BCUT2D eigenvalue weighted by atomic mass is 16.2. The molecule has 1 heterocycles. The third-order valence-corrected chi connectivity index (χ3v) is 4.12. The molecule has 6 heteroatoms. The number of aryl methyl sites for hydroxylation is 1. The highest BCUT2D eigenvalue weighted by molar-refractivity contribution is 5.79. The van der Waals surface area contributed by atoms with Gasteiger partial charge in [-0.3, -0.25) is 25.5 Å². The van der Waals surface area contributed by atoms with Gasteiger partial charge in [0.2, 0.25) is 5.91 Å². The Hall–Kier alpha value is -3.54. The van der Waals surface area contributed by atoms with Crippen LogP contribution in [0, 0.1) is 6.92 Å². The van der Waals surface area contributed by atoms with Crippen LogP contribution in [0.25, 0.3) is 16.8 Å². The van der Waals surface area contributed by atoms with E-state index in [9.17, 15) is 9.59 Å². The van der Waals surface area contributed by atoms with Crippen molar-refractivity contribution in [3.05, 3.63) is 88.4 Å². The molecule has 0 atom stereocenters. The predicted molar refractivity (Wildman–Crippen MR) is 102 cm³/mol. The quantitative estimate of drug-likeness (QED) is 0.516. The number of nitrogens with one attached hydrogen (secondary N) is 4. The van der Waals surface area contributed by atoms with Crippen molar-refractivity contribution in [3.63, 3.8) is 0 Å². The van der Waals surface area contributed by atoms with E-state index in [1.54, 1.807) is 6.92 Å². The fourth-order valence-corrected chi connectivity index (χ4v) is 2.60. The Bertz CT molecular complexity index is 969. The zero-order valence-corrected chi connectivity index (χ0v) is 14.4. The maximum atomic E-state index is 12.0. The highest BCUT2D eigenvalue weighted by Gasteiger charge is 2.11. The molecule has 0 radical (unpaired) electrons. The van der Waals surface area contributed by atoms with E-state index in [1.165, 1.54) is 0 Å². The van der Waals surface area contributed by atoms with Crippen molar-refractivity contribution in [2.75, 3.05) is 0 Å². The Kier molecular flexibility index (Phi) is 5.03. The van der Waals surface area contributed by atoms with Crippen molar-refractivity contribution in [1.82, 2.24) is 21.0 Å². The minimum Gasteiger partial charge on any atom is -0.302 e. The van der Waals surface area contributed by atoms with Crippen LogP contribution >= 0.6 is 0 Å². The average Bonchev–Trinajstić information content (AvgIpc) is 2.99. The number of carbonyl (C=O) groups is 1. The molecule has 3 aromatic rings. The van der Waals surface area contributed by atoms with Gasteiger partial charge in [0.1, 0.15) is 0 Å². The van der Waals surface area contributed by atoms with Crippen LogP contribution in [-0.2, 0) is 11.2 Å². The van der Waals surface area contributed by atoms with Crippen LogP contribution in [0.2, 0.25) is 0 Å². The minimum atomic E-state index is -0.319. The molecular formula is C20H20N4O2. The lowest BCUT2D eigenvalue weighted by Crippen LogP contribution is -2.37. The van der Waals surface area contributed by atoms with Crippen molar-refractivity contribution >= 4 is 11.6 Å². The second kappa shape index (κ2) is 7.57. The van der Waals surface area contributed by atoms with Crippen molar-refractivity contribution in [2.24, 2.45) is 0 Å². The fraction of sp³-hybridized carbons (Fsp3) is 0.100. The van der Waals surface area contributed by atoms with Crippen LogP contribution in [0.1, 0.15) is 16.8 Å². The first-order chi connectivity index (χ1) is 12.5. The van der Waals surface area contributed by atoms with Gasteiger partial charge in [-0.2, -0.15) is 0 Å². The molecule has 2 aromatic carbocycles. The summed E-state index contributed by atoms with van der Waals surface area (Å²) in [4.78, 5) is 23.6. The molecule has 0 saturated heterocycles. The van der Waals surface area contributed by atoms with Crippen LogP contribution in [-0.4, -0.2) is 16.1 Å². The van der Waals surface area contributed by atoms with Crippen LogP contribution in [0.5, 0.6) is 0 Å². The van der Waals surface area contributed by atoms with Gasteiger partial charge in [0.15, 0.2) is 0 Å². The second-order valence-electron chi connectivity index (χ2n) is 5.95. The van der Waals surface area contributed by atoms with Gasteiger partial charge < -0.3 is 5.10 Å². The Labute approximate surface area is 150 Å². The first-order valence-electron chi connectivity index (χ1n) is 8.20. The van der Waals surface area contributed by atoms with Gasteiger partial charge in [-0.05, 0) is 23.6 Å². The van der Waals surface area contributed by atoms with Gasteiger partial charge in [-0.15, -0.1) is 0 Å². The largest absolute Gasteiger partial charge is 0.302 e. The molecule has 0 saturated carbocycles. The zero-order chi connectivity index (χ0) is 18.5. The summed E-state index contributed by atoms with van der Waals surface area (Å²) in [6.07, 6.45) is -0.0160. The number of hydrogen-bond donors (Lipinski definition) is 4. The van der Waals surface area contributed by atoms with Crippen molar-refractivity contribution in [2.45, 2.75) is 13.3 Å². The minimum absolute atomic E-state index is 0.0160. The number of rotatable bonds is 6. The van der Waals surface area contributed by atoms with Crippen molar-refractivity contribution < 1.29 is 4.79 Å². The molecule has 0 aliphatic carbocycles. The summed E-state index contributed by atoms with van der Waals surface area (Å²) in [5.41, 5.74) is 9.82. The third kappa shape index (κ3) is 3.92. The number of aromatic amines is 2. The molecule has 0 unspecified atom stereocenters. The average molecular weight is 348 g/mol. The molecule has 6 nitrogen and oxygen atoms in total. The lowest BCUT2D eigenvalue weighted by molar-refractivity contribution is -0.121. The summed E-state index contributed by atoms with van der Waals surface area (Å²) in [7, 11) is 0. The Morgan fingerprint density at radius 3 is 2.23 bits per heavy atom. The Morgan fingerprint density at radius 1 is 0.962 bits per heavy atom. The SMILES string of the molecule is C=C(NNC(=O)Cc1c(C)[nH][nH]c1=O)c1ccc(-c2ccccc2)cc1. The van der Waals surface area contributed by atoms with E-state index in [2.05, 4.69) is 27.6 Å². The van der Waals surface area contributed by atoms with Crippen LogP contribution in [0.4, 0.5) is 0 Å². The molecule has 0 fully saturated rings.